The Bertz CT molecular complexity index is 377. The molecule has 0 saturated heterocycles. The number of hydrogen-bond acceptors (Lipinski definition) is 3. The zero-order chi connectivity index (χ0) is 14.6. The number of carbonyl (C=O) groups is 1. The molecule has 20 heavy (non-hydrogen) atoms. The van der Waals surface area contributed by atoms with Gasteiger partial charge >= 0.3 is 0 Å². The molecular weight excluding hydrogens is 252 g/mol. The van der Waals surface area contributed by atoms with Crippen LogP contribution in [0.4, 0.5) is 0 Å². The Morgan fingerprint density at radius 1 is 1.05 bits per heavy atom. The molecule has 4 nitrogen and oxygen atoms in total. The summed E-state index contributed by atoms with van der Waals surface area (Å²) >= 11 is 0. The lowest BCUT2D eigenvalue weighted by molar-refractivity contribution is 0.0953. The molecule has 1 aromatic carbocycles. The molecule has 1 aromatic rings. The number of methoxy groups -OCH3 is 1. The van der Waals surface area contributed by atoms with Gasteiger partial charge in [0.15, 0.2) is 0 Å². The van der Waals surface area contributed by atoms with Gasteiger partial charge in [0.1, 0.15) is 5.75 Å². The second-order valence-corrected chi connectivity index (χ2v) is 4.89. The van der Waals surface area contributed by atoms with E-state index in [1.807, 2.05) is 0 Å². The number of carbonyl (C=O) groups excluding carboxylic acids is 1. The fourth-order valence-corrected chi connectivity index (χ4v) is 2.02. The van der Waals surface area contributed by atoms with Gasteiger partial charge in [0, 0.05) is 12.1 Å². The van der Waals surface area contributed by atoms with Crippen LogP contribution in [0.15, 0.2) is 24.3 Å². The number of rotatable bonds is 10. The first-order valence-electron chi connectivity index (χ1n) is 7.40. The van der Waals surface area contributed by atoms with Crippen molar-refractivity contribution in [2.75, 3.05) is 20.2 Å². The Balaban J connectivity index is 2.10. The minimum absolute atomic E-state index is 0.0178. The van der Waals surface area contributed by atoms with E-state index in [9.17, 15) is 4.79 Å². The molecule has 0 bridgehead atoms. The second kappa shape index (κ2) is 10.3. The molecule has 1 amide bonds. The summed E-state index contributed by atoms with van der Waals surface area (Å²) in [6.07, 6.45) is 6.99. The molecule has 0 saturated carbocycles. The number of nitrogens with two attached hydrogens (primary N) is 1. The van der Waals surface area contributed by atoms with Gasteiger partial charge in [0.25, 0.3) is 5.91 Å². The Kier molecular flexibility index (Phi) is 8.47. The van der Waals surface area contributed by atoms with Crippen LogP contribution in [-0.4, -0.2) is 26.1 Å². The number of nitrogens with one attached hydrogen (secondary N) is 1. The van der Waals surface area contributed by atoms with Gasteiger partial charge in [-0.2, -0.15) is 0 Å². The average Bonchev–Trinajstić information content (AvgIpc) is 2.50. The summed E-state index contributed by atoms with van der Waals surface area (Å²) in [4.78, 5) is 11.9. The van der Waals surface area contributed by atoms with Crippen LogP contribution in [0.25, 0.3) is 0 Å². The molecule has 0 aliphatic rings. The summed E-state index contributed by atoms with van der Waals surface area (Å²) in [5, 5.41) is 2.94. The largest absolute Gasteiger partial charge is 0.497 e. The first-order valence-corrected chi connectivity index (χ1v) is 7.40. The van der Waals surface area contributed by atoms with Crippen LogP contribution in [0.2, 0.25) is 0 Å². The SMILES string of the molecule is COc1ccc(C(=O)NCCCCCCCCN)cc1. The van der Waals surface area contributed by atoms with Crippen LogP contribution in [0.5, 0.6) is 5.75 Å². The summed E-state index contributed by atoms with van der Waals surface area (Å²) in [6.45, 7) is 1.53. The molecule has 0 unspecified atom stereocenters. The maximum Gasteiger partial charge on any atom is 0.251 e. The van der Waals surface area contributed by atoms with Crippen LogP contribution < -0.4 is 15.8 Å². The highest BCUT2D eigenvalue weighted by Crippen LogP contribution is 2.11. The van der Waals surface area contributed by atoms with Crippen LogP contribution in [-0.2, 0) is 0 Å². The van der Waals surface area contributed by atoms with Crippen molar-refractivity contribution < 1.29 is 9.53 Å². The zero-order valence-corrected chi connectivity index (χ0v) is 12.4. The smallest absolute Gasteiger partial charge is 0.251 e. The summed E-state index contributed by atoms with van der Waals surface area (Å²) < 4.78 is 5.06. The minimum Gasteiger partial charge on any atom is -0.497 e. The highest BCUT2D eigenvalue weighted by molar-refractivity contribution is 5.94. The standard InChI is InChI=1S/C16H26N2O2/c1-20-15-10-8-14(9-11-15)16(19)18-13-7-5-3-2-4-6-12-17/h8-11H,2-7,12-13,17H2,1H3,(H,18,19). The van der Waals surface area contributed by atoms with Crippen molar-refractivity contribution in [1.29, 1.82) is 0 Å². The van der Waals surface area contributed by atoms with Gasteiger partial charge in [-0.25, -0.2) is 0 Å². The molecule has 0 aromatic heterocycles. The summed E-state index contributed by atoms with van der Waals surface area (Å²) in [6, 6.07) is 7.15. The number of ether oxygens (including phenoxy) is 1. The van der Waals surface area contributed by atoms with Crippen molar-refractivity contribution in [2.24, 2.45) is 5.73 Å². The predicted octanol–water partition coefficient (Wildman–Crippen LogP) is 2.72. The van der Waals surface area contributed by atoms with Crippen molar-refractivity contribution in [3.05, 3.63) is 29.8 Å². The quantitative estimate of drug-likeness (QED) is 0.647. The molecule has 0 aliphatic carbocycles. The van der Waals surface area contributed by atoms with E-state index < -0.39 is 0 Å². The van der Waals surface area contributed by atoms with Crippen molar-refractivity contribution in [2.45, 2.75) is 38.5 Å². The summed E-state index contributed by atoms with van der Waals surface area (Å²) in [7, 11) is 1.61. The van der Waals surface area contributed by atoms with Crippen molar-refractivity contribution in [3.8, 4) is 5.75 Å². The Morgan fingerprint density at radius 3 is 2.25 bits per heavy atom. The van der Waals surface area contributed by atoms with Gasteiger partial charge in [-0.05, 0) is 43.7 Å². The molecule has 0 radical (unpaired) electrons. The van der Waals surface area contributed by atoms with E-state index in [4.69, 9.17) is 10.5 Å². The second-order valence-electron chi connectivity index (χ2n) is 4.89. The minimum atomic E-state index is -0.0178. The first-order chi connectivity index (χ1) is 9.77. The molecular formula is C16H26N2O2. The van der Waals surface area contributed by atoms with Gasteiger partial charge in [-0.3, -0.25) is 4.79 Å². The third-order valence-corrected chi connectivity index (χ3v) is 3.27. The fraction of sp³-hybridized carbons (Fsp3) is 0.562. The number of benzene rings is 1. The lowest BCUT2D eigenvalue weighted by Crippen LogP contribution is -2.24. The zero-order valence-electron chi connectivity index (χ0n) is 12.4. The maximum absolute atomic E-state index is 11.9. The molecule has 0 spiro atoms. The number of hydrogen-bond donors (Lipinski definition) is 2. The highest BCUT2D eigenvalue weighted by Gasteiger charge is 2.04. The Labute approximate surface area is 121 Å². The maximum atomic E-state index is 11.9. The van der Waals surface area contributed by atoms with Crippen molar-refractivity contribution in [3.63, 3.8) is 0 Å². The van der Waals surface area contributed by atoms with Crippen LogP contribution >= 0.6 is 0 Å². The normalized spacial score (nSPS) is 10.3. The van der Waals surface area contributed by atoms with Gasteiger partial charge in [0.2, 0.25) is 0 Å². The van der Waals surface area contributed by atoms with Gasteiger partial charge in [-0.1, -0.05) is 25.7 Å². The third kappa shape index (κ3) is 6.57. The molecule has 0 fully saturated rings. The van der Waals surface area contributed by atoms with E-state index >= 15 is 0 Å². The van der Waals surface area contributed by atoms with Gasteiger partial charge < -0.3 is 15.8 Å². The molecule has 112 valence electrons. The fourth-order valence-electron chi connectivity index (χ4n) is 2.02. The van der Waals surface area contributed by atoms with E-state index in [1.165, 1.54) is 19.3 Å². The first kappa shape index (κ1) is 16.5. The van der Waals surface area contributed by atoms with E-state index in [0.717, 1.165) is 38.1 Å². The van der Waals surface area contributed by atoms with Crippen LogP contribution in [0.3, 0.4) is 0 Å². The lowest BCUT2D eigenvalue weighted by Gasteiger charge is -2.06. The average molecular weight is 278 g/mol. The molecule has 0 atom stereocenters. The van der Waals surface area contributed by atoms with Gasteiger partial charge in [-0.15, -0.1) is 0 Å². The topological polar surface area (TPSA) is 64.3 Å². The molecule has 0 aliphatic heterocycles. The Hall–Kier alpha value is -1.55. The Morgan fingerprint density at radius 2 is 1.65 bits per heavy atom. The summed E-state index contributed by atoms with van der Waals surface area (Å²) in [5.41, 5.74) is 6.12. The van der Waals surface area contributed by atoms with E-state index in [2.05, 4.69) is 5.32 Å². The molecule has 3 N–H and O–H groups in total. The van der Waals surface area contributed by atoms with Crippen molar-refractivity contribution >= 4 is 5.91 Å². The highest BCUT2D eigenvalue weighted by atomic mass is 16.5. The summed E-state index contributed by atoms with van der Waals surface area (Å²) in [5.74, 6) is 0.745. The third-order valence-electron chi connectivity index (χ3n) is 3.27. The van der Waals surface area contributed by atoms with E-state index in [1.54, 1.807) is 31.4 Å². The molecule has 4 heteroatoms. The van der Waals surface area contributed by atoms with Crippen molar-refractivity contribution in [1.82, 2.24) is 5.32 Å². The van der Waals surface area contributed by atoms with Gasteiger partial charge in [0.05, 0.1) is 7.11 Å². The predicted molar refractivity (Wildman–Crippen MR) is 82.1 cm³/mol. The number of amides is 1. The number of unbranched alkanes of at least 4 members (excludes halogenated alkanes) is 5. The molecule has 1 rings (SSSR count). The molecule has 0 heterocycles. The van der Waals surface area contributed by atoms with E-state index in [0.29, 0.717) is 5.56 Å². The lowest BCUT2D eigenvalue weighted by atomic mass is 10.1. The van der Waals surface area contributed by atoms with E-state index in [-0.39, 0.29) is 5.91 Å². The monoisotopic (exact) mass is 278 g/mol. The van der Waals surface area contributed by atoms with Crippen LogP contribution in [0.1, 0.15) is 48.9 Å². The van der Waals surface area contributed by atoms with Crippen LogP contribution in [0, 0.1) is 0 Å².